The molecule has 1 fully saturated rings. The van der Waals surface area contributed by atoms with Gasteiger partial charge in [0.1, 0.15) is 12.2 Å². The van der Waals surface area contributed by atoms with Crippen LogP contribution in [0.2, 0.25) is 0 Å². The zero-order valence-corrected chi connectivity index (χ0v) is 16.6. The maximum absolute atomic E-state index is 12.4. The Kier molecular flexibility index (Phi) is 6.19. The van der Waals surface area contributed by atoms with E-state index in [2.05, 4.69) is 44.3 Å². The SMILES string of the molecule is O=C(NCCc1ccccc1)N1CCC(Cc2nncn2-c2ccccc2)CC1. The molecule has 150 valence electrons. The quantitative estimate of drug-likeness (QED) is 0.702. The van der Waals surface area contributed by atoms with Crippen LogP contribution in [0.3, 0.4) is 0 Å². The molecule has 2 amide bonds. The first-order chi connectivity index (χ1) is 14.3. The van der Waals surface area contributed by atoms with Crippen LogP contribution < -0.4 is 5.32 Å². The second kappa shape index (κ2) is 9.37. The number of amides is 2. The van der Waals surface area contributed by atoms with E-state index >= 15 is 0 Å². The molecule has 2 heterocycles. The van der Waals surface area contributed by atoms with Gasteiger partial charge in [-0.15, -0.1) is 10.2 Å². The number of nitrogens with one attached hydrogen (secondary N) is 1. The van der Waals surface area contributed by atoms with E-state index in [1.165, 1.54) is 5.56 Å². The van der Waals surface area contributed by atoms with Crippen molar-refractivity contribution in [3.8, 4) is 5.69 Å². The van der Waals surface area contributed by atoms with E-state index < -0.39 is 0 Å². The number of aromatic nitrogens is 3. The van der Waals surface area contributed by atoms with E-state index in [-0.39, 0.29) is 6.03 Å². The zero-order valence-electron chi connectivity index (χ0n) is 16.6. The number of para-hydroxylation sites is 1. The van der Waals surface area contributed by atoms with Crippen LogP contribution in [0.25, 0.3) is 5.69 Å². The van der Waals surface area contributed by atoms with Crippen molar-refractivity contribution in [2.24, 2.45) is 5.92 Å². The summed E-state index contributed by atoms with van der Waals surface area (Å²) < 4.78 is 2.06. The summed E-state index contributed by atoms with van der Waals surface area (Å²) in [6, 6.07) is 20.5. The first-order valence-electron chi connectivity index (χ1n) is 10.3. The van der Waals surface area contributed by atoms with E-state index in [4.69, 9.17) is 0 Å². The largest absolute Gasteiger partial charge is 0.338 e. The second-order valence-corrected chi connectivity index (χ2v) is 7.55. The van der Waals surface area contributed by atoms with Crippen molar-refractivity contribution in [3.63, 3.8) is 0 Å². The molecular formula is C23H27N5O. The van der Waals surface area contributed by atoms with Gasteiger partial charge in [0.15, 0.2) is 0 Å². The maximum atomic E-state index is 12.4. The van der Waals surface area contributed by atoms with Crippen LogP contribution in [-0.2, 0) is 12.8 Å². The molecule has 0 unspecified atom stereocenters. The molecule has 0 spiro atoms. The highest BCUT2D eigenvalue weighted by Gasteiger charge is 2.24. The summed E-state index contributed by atoms with van der Waals surface area (Å²) in [7, 11) is 0. The molecule has 6 nitrogen and oxygen atoms in total. The van der Waals surface area contributed by atoms with Gasteiger partial charge in [0.25, 0.3) is 0 Å². The molecule has 4 rings (SSSR count). The molecule has 1 aromatic heterocycles. The summed E-state index contributed by atoms with van der Waals surface area (Å²) in [5.41, 5.74) is 2.33. The summed E-state index contributed by atoms with van der Waals surface area (Å²) in [5.74, 6) is 1.51. The fourth-order valence-electron chi connectivity index (χ4n) is 3.87. The zero-order chi connectivity index (χ0) is 19.9. The van der Waals surface area contributed by atoms with Crippen LogP contribution in [0.5, 0.6) is 0 Å². The number of hydrogen-bond acceptors (Lipinski definition) is 3. The van der Waals surface area contributed by atoms with Gasteiger partial charge in [0.05, 0.1) is 0 Å². The average molecular weight is 390 g/mol. The Bertz CT molecular complexity index is 901. The van der Waals surface area contributed by atoms with Gasteiger partial charge in [-0.25, -0.2) is 4.79 Å². The maximum Gasteiger partial charge on any atom is 0.317 e. The number of urea groups is 1. The van der Waals surface area contributed by atoms with Gasteiger partial charge < -0.3 is 10.2 Å². The Balaban J connectivity index is 1.24. The summed E-state index contributed by atoms with van der Waals surface area (Å²) in [6.45, 7) is 2.26. The molecule has 0 radical (unpaired) electrons. The van der Waals surface area contributed by atoms with Gasteiger partial charge in [-0.1, -0.05) is 48.5 Å². The second-order valence-electron chi connectivity index (χ2n) is 7.55. The van der Waals surface area contributed by atoms with Crippen molar-refractivity contribution in [1.29, 1.82) is 0 Å². The molecule has 1 saturated heterocycles. The van der Waals surface area contributed by atoms with Crippen molar-refractivity contribution >= 4 is 6.03 Å². The molecular weight excluding hydrogens is 362 g/mol. The van der Waals surface area contributed by atoms with Crippen molar-refractivity contribution in [2.75, 3.05) is 19.6 Å². The number of piperidine rings is 1. The fourth-order valence-corrected chi connectivity index (χ4v) is 3.87. The number of hydrogen-bond donors (Lipinski definition) is 1. The highest BCUT2D eigenvalue weighted by Crippen LogP contribution is 2.22. The normalized spacial score (nSPS) is 14.7. The van der Waals surface area contributed by atoms with Crippen LogP contribution in [-0.4, -0.2) is 45.3 Å². The van der Waals surface area contributed by atoms with Crippen LogP contribution in [0.1, 0.15) is 24.2 Å². The Hall–Kier alpha value is -3.15. The summed E-state index contributed by atoms with van der Waals surface area (Å²) >= 11 is 0. The number of carbonyl (C=O) groups excluding carboxylic acids is 1. The van der Waals surface area contributed by atoms with Crippen LogP contribution >= 0.6 is 0 Å². The van der Waals surface area contributed by atoms with E-state index in [9.17, 15) is 4.79 Å². The van der Waals surface area contributed by atoms with Crippen LogP contribution in [0.4, 0.5) is 4.79 Å². The van der Waals surface area contributed by atoms with Gasteiger partial charge >= 0.3 is 6.03 Å². The van der Waals surface area contributed by atoms with Gasteiger partial charge in [-0.2, -0.15) is 0 Å². The van der Waals surface area contributed by atoms with Crippen LogP contribution in [0.15, 0.2) is 67.0 Å². The smallest absolute Gasteiger partial charge is 0.317 e. The van der Waals surface area contributed by atoms with Gasteiger partial charge in [0, 0.05) is 31.7 Å². The number of benzene rings is 2. The molecule has 1 aliphatic rings. The fraction of sp³-hybridized carbons (Fsp3) is 0.348. The molecule has 3 aromatic rings. The topological polar surface area (TPSA) is 63.1 Å². The lowest BCUT2D eigenvalue weighted by atomic mass is 9.93. The van der Waals surface area contributed by atoms with Crippen molar-refractivity contribution in [2.45, 2.75) is 25.7 Å². The lowest BCUT2D eigenvalue weighted by Gasteiger charge is -2.32. The summed E-state index contributed by atoms with van der Waals surface area (Å²) in [4.78, 5) is 14.4. The number of nitrogens with zero attached hydrogens (tertiary/aromatic N) is 4. The average Bonchev–Trinajstić information content (AvgIpc) is 3.24. The van der Waals surface area contributed by atoms with E-state index in [0.29, 0.717) is 12.5 Å². The number of carbonyl (C=O) groups is 1. The Morgan fingerprint density at radius 1 is 1.00 bits per heavy atom. The minimum absolute atomic E-state index is 0.0480. The highest BCUT2D eigenvalue weighted by atomic mass is 16.2. The Labute approximate surface area is 171 Å². The Morgan fingerprint density at radius 2 is 1.69 bits per heavy atom. The van der Waals surface area contributed by atoms with Crippen molar-refractivity contribution in [1.82, 2.24) is 25.0 Å². The summed E-state index contributed by atoms with van der Waals surface area (Å²) in [6.07, 6.45) is 5.51. The minimum atomic E-state index is 0.0480. The molecule has 0 bridgehead atoms. The van der Waals surface area contributed by atoms with E-state index in [1.807, 2.05) is 41.3 Å². The summed E-state index contributed by atoms with van der Waals surface area (Å²) in [5, 5.41) is 11.5. The predicted octanol–water partition coefficient (Wildman–Crippen LogP) is 3.47. The molecule has 2 aromatic carbocycles. The Morgan fingerprint density at radius 3 is 2.41 bits per heavy atom. The molecule has 29 heavy (non-hydrogen) atoms. The number of likely N-dealkylation sites (tertiary alicyclic amines) is 1. The van der Waals surface area contributed by atoms with Crippen LogP contribution in [0, 0.1) is 5.92 Å². The third-order valence-electron chi connectivity index (χ3n) is 5.56. The van der Waals surface area contributed by atoms with E-state index in [1.54, 1.807) is 6.33 Å². The monoisotopic (exact) mass is 389 g/mol. The third kappa shape index (κ3) is 5.02. The number of rotatable bonds is 6. The van der Waals surface area contributed by atoms with Gasteiger partial charge in [-0.3, -0.25) is 4.57 Å². The standard InChI is InChI=1S/C23H27N5O/c29-23(24-14-11-19-7-3-1-4-8-19)27-15-12-20(13-16-27)17-22-26-25-18-28(22)21-9-5-2-6-10-21/h1-10,18,20H,11-17H2,(H,24,29). The molecule has 0 atom stereocenters. The van der Waals surface area contributed by atoms with E-state index in [0.717, 1.165) is 50.3 Å². The highest BCUT2D eigenvalue weighted by molar-refractivity contribution is 5.74. The van der Waals surface area contributed by atoms with Gasteiger partial charge in [-0.05, 0) is 42.9 Å². The molecule has 6 heteroatoms. The first-order valence-corrected chi connectivity index (χ1v) is 10.3. The first kappa shape index (κ1) is 19.2. The van der Waals surface area contributed by atoms with Crippen molar-refractivity contribution < 1.29 is 4.79 Å². The predicted molar refractivity (Wildman–Crippen MR) is 113 cm³/mol. The lowest BCUT2D eigenvalue weighted by molar-refractivity contribution is 0.170. The molecule has 0 saturated carbocycles. The third-order valence-corrected chi connectivity index (χ3v) is 5.56. The van der Waals surface area contributed by atoms with Gasteiger partial charge in [0.2, 0.25) is 0 Å². The lowest BCUT2D eigenvalue weighted by Crippen LogP contribution is -2.45. The molecule has 1 aliphatic heterocycles. The minimum Gasteiger partial charge on any atom is -0.338 e. The molecule has 1 N–H and O–H groups in total. The van der Waals surface area contributed by atoms with Crippen molar-refractivity contribution in [3.05, 3.63) is 78.4 Å². The molecule has 0 aliphatic carbocycles.